The van der Waals surface area contributed by atoms with Crippen molar-refractivity contribution in [2.45, 2.75) is 0 Å². The van der Waals surface area contributed by atoms with Gasteiger partial charge in [-0.25, -0.2) is 18.9 Å². The number of hydrogen-bond acceptors (Lipinski definition) is 5. The lowest BCUT2D eigenvalue weighted by molar-refractivity contribution is -0.119. The SMILES string of the molecule is O=C(COC(=O)c1nc(-c2ccccc2)n(-c2ccccc2)n1)Nc1ccc(Br)cc1F. The lowest BCUT2D eigenvalue weighted by atomic mass is 10.2. The van der Waals surface area contributed by atoms with E-state index in [0.29, 0.717) is 16.0 Å². The fraction of sp³-hybridized carbons (Fsp3) is 0.0435. The molecule has 160 valence electrons. The third-order valence-electron chi connectivity index (χ3n) is 4.36. The number of carbonyl (C=O) groups is 2. The van der Waals surface area contributed by atoms with Crippen LogP contribution in [-0.2, 0) is 9.53 Å². The van der Waals surface area contributed by atoms with E-state index in [9.17, 15) is 14.0 Å². The minimum absolute atomic E-state index is 0.0212. The molecular formula is C23H16BrFN4O3. The third-order valence-corrected chi connectivity index (χ3v) is 4.86. The number of benzene rings is 3. The molecule has 0 aliphatic heterocycles. The molecule has 0 aliphatic rings. The number of hydrogen-bond donors (Lipinski definition) is 1. The van der Waals surface area contributed by atoms with Crippen molar-refractivity contribution < 1.29 is 18.7 Å². The maximum atomic E-state index is 13.9. The zero-order chi connectivity index (χ0) is 22.5. The number of rotatable bonds is 6. The first kappa shape index (κ1) is 21.4. The van der Waals surface area contributed by atoms with Crippen molar-refractivity contribution in [1.29, 1.82) is 0 Å². The van der Waals surface area contributed by atoms with Gasteiger partial charge >= 0.3 is 5.97 Å². The number of esters is 1. The molecule has 0 fully saturated rings. The molecule has 1 amide bonds. The molecule has 0 saturated heterocycles. The van der Waals surface area contributed by atoms with Gasteiger partial charge in [-0.15, -0.1) is 5.10 Å². The second-order valence-corrected chi connectivity index (χ2v) is 7.54. The normalized spacial score (nSPS) is 10.6. The van der Waals surface area contributed by atoms with Gasteiger partial charge in [0.25, 0.3) is 11.7 Å². The number of anilines is 1. The summed E-state index contributed by atoms with van der Waals surface area (Å²) in [4.78, 5) is 28.9. The van der Waals surface area contributed by atoms with Crippen LogP contribution in [0.1, 0.15) is 10.6 Å². The molecular weight excluding hydrogens is 479 g/mol. The van der Waals surface area contributed by atoms with E-state index in [1.54, 1.807) is 6.07 Å². The zero-order valence-electron chi connectivity index (χ0n) is 16.5. The lowest BCUT2D eigenvalue weighted by Gasteiger charge is -2.06. The van der Waals surface area contributed by atoms with E-state index < -0.39 is 24.3 Å². The minimum atomic E-state index is -0.872. The summed E-state index contributed by atoms with van der Waals surface area (Å²) in [5.74, 6) is -1.93. The molecule has 0 radical (unpaired) electrons. The van der Waals surface area contributed by atoms with E-state index in [1.807, 2.05) is 60.7 Å². The van der Waals surface area contributed by atoms with Crippen LogP contribution in [0.15, 0.2) is 83.3 Å². The van der Waals surface area contributed by atoms with Gasteiger partial charge in [0.05, 0.1) is 11.4 Å². The monoisotopic (exact) mass is 494 g/mol. The number of nitrogens with one attached hydrogen (secondary N) is 1. The van der Waals surface area contributed by atoms with Crippen molar-refractivity contribution in [1.82, 2.24) is 14.8 Å². The predicted octanol–water partition coefficient (Wildman–Crippen LogP) is 4.63. The Morgan fingerprint density at radius 1 is 1.00 bits per heavy atom. The van der Waals surface area contributed by atoms with Crippen LogP contribution in [0, 0.1) is 5.82 Å². The molecule has 7 nitrogen and oxygen atoms in total. The number of ether oxygens (including phenoxy) is 1. The molecule has 4 rings (SSSR count). The Bertz CT molecular complexity index is 1210. The maximum absolute atomic E-state index is 13.9. The van der Waals surface area contributed by atoms with Gasteiger partial charge in [0, 0.05) is 10.0 Å². The number of amides is 1. The molecule has 32 heavy (non-hydrogen) atoms. The fourth-order valence-electron chi connectivity index (χ4n) is 2.89. The first-order chi connectivity index (χ1) is 15.5. The van der Waals surface area contributed by atoms with Crippen LogP contribution in [0.25, 0.3) is 17.1 Å². The summed E-state index contributed by atoms with van der Waals surface area (Å²) < 4.78 is 21.0. The van der Waals surface area contributed by atoms with Gasteiger partial charge in [0.2, 0.25) is 0 Å². The minimum Gasteiger partial charge on any atom is -0.450 e. The molecule has 0 aliphatic carbocycles. The van der Waals surface area contributed by atoms with Gasteiger partial charge in [0.1, 0.15) is 5.82 Å². The van der Waals surface area contributed by atoms with Gasteiger partial charge in [0.15, 0.2) is 12.4 Å². The first-order valence-corrected chi connectivity index (χ1v) is 10.3. The Labute approximate surface area is 191 Å². The molecule has 1 N–H and O–H groups in total. The van der Waals surface area contributed by atoms with E-state index in [1.165, 1.54) is 16.8 Å². The first-order valence-electron chi connectivity index (χ1n) is 9.51. The topological polar surface area (TPSA) is 86.1 Å². The van der Waals surface area contributed by atoms with Crippen LogP contribution in [0.4, 0.5) is 10.1 Å². The maximum Gasteiger partial charge on any atom is 0.378 e. The Morgan fingerprint density at radius 2 is 1.69 bits per heavy atom. The standard InChI is InChI=1S/C23H16BrFN4O3/c24-16-11-12-19(18(25)13-16)26-20(30)14-32-23(31)21-27-22(15-7-3-1-4-8-15)29(28-21)17-9-5-2-6-10-17/h1-13H,14H2,(H,26,30). The average molecular weight is 495 g/mol. The van der Waals surface area contributed by atoms with Crippen molar-refractivity contribution in [3.63, 3.8) is 0 Å². The zero-order valence-corrected chi connectivity index (χ0v) is 18.1. The molecule has 3 aromatic carbocycles. The fourth-order valence-corrected chi connectivity index (χ4v) is 3.23. The Balaban J connectivity index is 1.51. The Kier molecular flexibility index (Phi) is 6.37. The van der Waals surface area contributed by atoms with Crippen LogP contribution in [0.5, 0.6) is 0 Å². The summed E-state index contributed by atoms with van der Waals surface area (Å²) in [5.41, 5.74) is 1.44. The van der Waals surface area contributed by atoms with Crippen molar-refractivity contribution in [3.8, 4) is 17.1 Å². The van der Waals surface area contributed by atoms with Crippen LogP contribution in [0.2, 0.25) is 0 Å². The molecule has 0 atom stereocenters. The number of halogens is 2. The van der Waals surface area contributed by atoms with E-state index in [4.69, 9.17) is 4.74 Å². The average Bonchev–Trinajstić information content (AvgIpc) is 3.26. The molecule has 0 bridgehead atoms. The summed E-state index contributed by atoms with van der Waals surface area (Å²) in [7, 11) is 0. The summed E-state index contributed by atoms with van der Waals surface area (Å²) in [6.07, 6.45) is 0. The van der Waals surface area contributed by atoms with E-state index in [2.05, 4.69) is 31.3 Å². The van der Waals surface area contributed by atoms with Gasteiger partial charge in [-0.1, -0.05) is 64.5 Å². The molecule has 0 unspecified atom stereocenters. The molecule has 4 aromatic rings. The van der Waals surface area contributed by atoms with Crippen molar-refractivity contribution in [2.24, 2.45) is 0 Å². The van der Waals surface area contributed by atoms with E-state index >= 15 is 0 Å². The summed E-state index contributed by atoms with van der Waals surface area (Å²) in [6, 6.07) is 22.7. The summed E-state index contributed by atoms with van der Waals surface area (Å²) >= 11 is 3.14. The van der Waals surface area contributed by atoms with E-state index in [-0.39, 0.29) is 11.5 Å². The third kappa shape index (κ3) is 4.89. The van der Waals surface area contributed by atoms with Crippen LogP contribution >= 0.6 is 15.9 Å². The van der Waals surface area contributed by atoms with Crippen LogP contribution in [-0.4, -0.2) is 33.2 Å². The van der Waals surface area contributed by atoms with Crippen LogP contribution < -0.4 is 5.32 Å². The van der Waals surface area contributed by atoms with Gasteiger partial charge in [-0.05, 0) is 30.3 Å². The largest absolute Gasteiger partial charge is 0.450 e. The van der Waals surface area contributed by atoms with Gasteiger partial charge in [-0.3, -0.25) is 4.79 Å². The van der Waals surface area contributed by atoms with E-state index in [0.717, 1.165) is 5.56 Å². The Morgan fingerprint density at radius 3 is 2.38 bits per heavy atom. The van der Waals surface area contributed by atoms with Crippen LogP contribution in [0.3, 0.4) is 0 Å². The molecule has 0 spiro atoms. The van der Waals surface area contributed by atoms with Gasteiger partial charge in [-0.2, -0.15) is 0 Å². The number of carbonyl (C=O) groups excluding carboxylic acids is 2. The lowest BCUT2D eigenvalue weighted by Crippen LogP contribution is -2.22. The molecule has 9 heteroatoms. The number of para-hydroxylation sites is 1. The highest BCUT2D eigenvalue weighted by Gasteiger charge is 2.21. The molecule has 1 aromatic heterocycles. The highest BCUT2D eigenvalue weighted by Crippen LogP contribution is 2.22. The Hall–Kier alpha value is -3.85. The summed E-state index contributed by atoms with van der Waals surface area (Å²) in [6.45, 7) is -0.616. The van der Waals surface area contributed by atoms with Crippen molar-refractivity contribution in [3.05, 3.63) is 95.0 Å². The van der Waals surface area contributed by atoms with Gasteiger partial charge < -0.3 is 10.1 Å². The second kappa shape index (κ2) is 9.52. The highest BCUT2D eigenvalue weighted by atomic mass is 79.9. The predicted molar refractivity (Wildman–Crippen MR) is 120 cm³/mol. The highest BCUT2D eigenvalue weighted by molar-refractivity contribution is 9.10. The number of aromatic nitrogens is 3. The smallest absolute Gasteiger partial charge is 0.378 e. The number of nitrogens with zero attached hydrogens (tertiary/aromatic N) is 3. The van der Waals surface area contributed by atoms with Crippen molar-refractivity contribution in [2.75, 3.05) is 11.9 Å². The summed E-state index contributed by atoms with van der Waals surface area (Å²) in [5, 5.41) is 6.63. The quantitative estimate of drug-likeness (QED) is 0.395. The second-order valence-electron chi connectivity index (χ2n) is 6.62. The van der Waals surface area contributed by atoms with Crippen molar-refractivity contribution >= 4 is 33.5 Å². The molecule has 1 heterocycles. The molecule has 0 saturated carbocycles.